The fourth-order valence-corrected chi connectivity index (χ4v) is 4.52. The van der Waals surface area contributed by atoms with Gasteiger partial charge in [0.25, 0.3) is 0 Å². The van der Waals surface area contributed by atoms with Crippen LogP contribution in [0.1, 0.15) is 57.6 Å². The van der Waals surface area contributed by atoms with Crippen LogP contribution < -0.4 is 20.1 Å². The van der Waals surface area contributed by atoms with Crippen molar-refractivity contribution in [2.45, 2.75) is 71.6 Å². The molecule has 0 radical (unpaired) electrons. The fourth-order valence-electron chi connectivity index (χ4n) is 4.52. The van der Waals surface area contributed by atoms with Gasteiger partial charge in [-0.25, -0.2) is 0 Å². The summed E-state index contributed by atoms with van der Waals surface area (Å²) in [6, 6.07) is 4.46. The number of benzene rings is 1. The third-order valence-corrected chi connectivity index (χ3v) is 6.45. The van der Waals surface area contributed by atoms with E-state index in [1.165, 1.54) is 5.56 Å². The number of aliphatic imine (C=N–C) groups is 1. The van der Waals surface area contributed by atoms with E-state index < -0.39 is 0 Å². The number of fused-ring (bicyclic) bond motifs is 1. The number of rotatable bonds is 7. The zero-order chi connectivity index (χ0) is 22.4. The van der Waals surface area contributed by atoms with Crippen LogP contribution in [0.4, 0.5) is 0 Å². The molecular weight excluding hydrogens is 392 g/mol. The molecule has 172 valence electrons. The summed E-state index contributed by atoms with van der Waals surface area (Å²) in [5, 5.41) is 6.92. The largest absolute Gasteiger partial charge is 0.496 e. The molecule has 1 unspecified atom stereocenters. The van der Waals surface area contributed by atoms with Crippen LogP contribution in [0.15, 0.2) is 17.1 Å². The van der Waals surface area contributed by atoms with Gasteiger partial charge in [0.05, 0.1) is 7.11 Å². The Morgan fingerprint density at radius 3 is 2.61 bits per heavy atom. The van der Waals surface area contributed by atoms with Gasteiger partial charge in [-0.05, 0) is 44.7 Å². The molecule has 7 heteroatoms. The quantitative estimate of drug-likeness (QED) is 0.514. The molecule has 0 aromatic heterocycles. The van der Waals surface area contributed by atoms with Gasteiger partial charge >= 0.3 is 0 Å². The van der Waals surface area contributed by atoms with Gasteiger partial charge in [0.2, 0.25) is 5.91 Å². The second kappa shape index (κ2) is 10.7. The van der Waals surface area contributed by atoms with Gasteiger partial charge in [0.1, 0.15) is 17.6 Å². The van der Waals surface area contributed by atoms with E-state index in [2.05, 4.69) is 48.5 Å². The normalized spacial score (nSPS) is 19.2. The molecule has 0 bridgehead atoms. The number of ether oxygens (including phenoxy) is 2. The second-order valence-electron chi connectivity index (χ2n) is 8.59. The number of likely N-dealkylation sites (tertiary alicyclic amines) is 1. The molecule has 7 nitrogen and oxygen atoms in total. The lowest BCUT2D eigenvalue weighted by Crippen LogP contribution is -2.50. The van der Waals surface area contributed by atoms with Crippen molar-refractivity contribution in [1.82, 2.24) is 15.5 Å². The van der Waals surface area contributed by atoms with E-state index in [0.29, 0.717) is 18.5 Å². The van der Waals surface area contributed by atoms with Crippen LogP contribution in [0.3, 0.4) is 0 Å². The molecule has 1 fully saturated rings. The Hall–Kier alpha value is -2.44. The summed E-state index contributed by atoms with van der Waals surface area (Å²) in [7, 11) is 3.49. The van der Waals surface area contributed by atoms with Crippen molar-refractivity contribution in [2.75, 3.05) is 27.2 Å². The zero-order valence-electron chi connectivity index (χ0n) is 19.7. The second-order valence-corrected chi connectivity index (χ2v) is 8.59. The Balaban J connectivity index is 1.52. The lowest BCUT2D eigenvalue weighted by Gasteiger charge is -2.34. The number of methoxy groups -OCH3 is 1. The predicted octanol–water partition coefficient (Wildman–Crippen LogP) is 3.11. The molecule has 0 saturated carbocycles. The van der Waals surface area contributed by atoms with Gasteiger partial charge in [-0.2, -0.15) is 0 Å². The molecule has 2 N–H and O–H groups in total. The average molecular weight is 431 g/mol. The first-order chi connectivity index (χ1) is 15.0. The number of piperidine rings is 1. The van der Waals surface area contributed by atoms with Crippen LogP contribution in [0.2, 0.25) is 0 Å². The first kappa shape index (κ1) is 23.2. The highest BCUT2D eigenvalue weighted by Crippen LogP contribution is 2.34. The predicted molar refractivity (Wildman–Crippen MR) is 124 cm³/mol. The summed E-state index contributed by atoms with van der Waals surface area (Å²) in [5.41, 5.74) is 2.24. The Kier molecular flexibility index (Phi) is 8.04. The van der Waals surface area contributed by atoms with Gasteiger partial charge in [-0.15, -0.1) is 0 Å². The van der Waals surface area contributed by atoms with Crippen LogP contribution in [-0.2, 0) is 17.8 Å². The number of guanidine groups is 1. The Morgan fingerprint density at radius 1 is 1.29 bits per heavy atom. The SMILES string of the molecule is CCC(CC)C(=O)N1CCC(NC(=NC)NCc2cc3c(cc2OC)CC(C)O3)CC1. The smallest absolute Gasteiger partial charge is 0.225 e. The molecule has 1 atom stereocenters. The highest BCUT2D eigenvalue weighted by molar-refractivity contribution is 5.80. The van der Waals surface area contributed by atoms with E-state index in [1.54, 1.807) is 14.2 Å². The van der Waals surface area contributed by atoms with Crippen LogP contribution >= 0.6 is 0 Å². The first-order valence-electron chi connectivity index (χ1n) is 11.6. The van der Waals surface area contributed by atoms with Gasteiger partial charge in [-0.3, -0.25) is 9.79 Å². The van der Waals surface area contributed by atoms with Crippen molar-refractivity contribution in [1.29, 1.82) is 0 Å². The average Bonchev–Trinajstić information content (AvgIpc) is 3.15. The van der Waals surface area contributed by atoms with Crippen molar-refractivity contribution >= 4 is 11.9 Å². The maximum atomic E-state index is 12.6. The minimum absolute atomic E-state index is 0.160. The lowest BCUT2D eigenvalue weighted by molar-refractivity contribution is -0.136. The van der Waals surface area contributed by atoms with Gasteiger partial charge < -0.3 is 25.0 Å². The molecule has 1 amide bonds. The highest BCUT2D eigenvalue weighted by atomic mass is 16.5. The third kappa shape index (κ3) is 5.63. The molecule has 1 saturated heterocycles. The Bertz CT molecular complexity index is 783. The maximum absolute atomic E-state index is 12.6. The summed E-state index contributed by atoms with van der Waals surface area (Å²) in [5.74, 6) is 3.05. The van der Waals surface area contributed by atoms with E-state index in [4.69, 9.17) is 9.47 Å². The first-order valence-corrected chi connectivity index (χ1v) is 11.6. The van der Waals surface area contributed by atoms with Crippen molar-refractivity contribution in [2.24, 2.45) is 10.9 Å². The molecule has 31 heavy (non-hydrogen) atoms. The molecule has 2 heterocycles. The number of hydrogen-bond acceptors (Lipinski definition) is 4. The third-order valence-electron chi connectivity index (χ3n) is 6.45. The van der Waals surface area contributed by atoms with E-state index >= 15 is 0 Å². The molecule has 0 spiro atoms. The minimum atomic E-state index is 0.160. The summed E-state index contributed by atoms with van der Waals surface area (Å²) in [6.07, 6.45) is 4.82. The number of nitrogens with zero attached hydrogens (tertiary/aromatic N) is 2. The number of hydrogen-bond donors (Lipinski definition) is 2. The molecule has 1 aromatic carbocycles. The summed E-state index contributed by atoms with van der Waals surface area (Å²) >= 11 is 0. The maximum Gasteiger partial charge on any atom is 0.225 e. The van der Waals surface area contributed by atoms with Gasteiger partial charge in [0.15, 0.2) is 5.96 Å². The van der Waals surface area contributed by atoms with Gasteiger partial charge in [-0.1, -0.05) is 13.8 Å². The van der Waals surface area contributed by atoms with Crippen LogP contribution in [0.5, 0.6) is 11.5 Å². The van der Waals surface area contributed by atoms with Crippen LogP contribution in [0, 0.1) is 5.92 Å². The molecule has 0 aliphatic carbocycles. The number of nitrogens with one attached hydrogen (secondary N) is 2. The van der Waals surface area contributed by atoms with Crippen molar-refractivity contribution in [3.8, 4) is 11.5 Å². The monoisotopic (exact) mass is 430 g/mol. The van der Waals surface area contributed by atoms with Gasteiger partial charge in [0, 0.05) is 56.2 Å². The minimum Gasteiger partial charge on any atom is -0.496 e. The summed E-state index contributed by atoms with van der Waals surface area (Å²) < 4.78 is 11.5. The number of amides is 1. The van der Waals surface area contributed by atoms with Crippen LogP contribution in [-0.4, -0.2) is 56.2 Å². The zero-order valence-corrected chi connectivity index (χ0v) is 19.7. The number of carbonyl (C=O) groups is 1. The summed E-state index contributed by atoms with van der Waals surface area (Å²) in [6.45, 7) is 8.48. The molecule has 2 aliphatic rings. The molecule has 2 aliphatic heterocycles. The Labute approximate surface area is 186 Å². The van der Waals surface area contributed by atoms with E-state index in [1.807, 2.05) is 4.90 Å². The van der Waals surface area contributed by atoms with Crippen molar-refractivity contribution < 1.29 is 14.3 Å². The highest BCUT2D eigenvalue weighted by Gasteiger charge is 2.27. The van der Waals surface area contributed by atoms with E-state index in [0.717, 1.165) is 68.2 Å². The van der Waals surface area contributed by atoms with Crippen LogP contribution in [0.25, 0.3) is 0 Å². The molecule has 3 rings (SSSR count). The van der Waals surface area contributed by atoms with E-state index in [9.17, 15) is 4.79 Å². The number of carbonyl (C=O) groups excluding carboxylic acids is 1. The molecule has 1 aromatic rings. The molecular formula is C24H38N4O3. The van der Waals surface area contributed by atoms with E-state index in [-0.39, 0.29) is 12.0 Å². The topological polar surface area (TPSA) is 75.2 Å². The summed E-state index contributed by atoms with van der Waals surface area (Å²) in [4.78, 5) is 19.0. The lowest BCUT2D eigenvalue weighted by atomic mass is 9.98. The Morgan fingerprint density at radius 2 is 2.00 bits per heavy atom. The fraction of sp³-hybridized carbons (Fsp3) is 0.667. The van der Waals surface area contributed by atoms with Crippen molar-refractivity contribution in [3.05, 3.63) is 23.3 Å². The van der Waals surface area contributed by atoms with Crippen molar-refractivity contribution in [3.63, 3.8) is 0 Å². The standard InChI is InChI=1S/C24H38N4O3/c1-6-17(7-2)23(29)28-10-8-20(9-11-28)27-24(25-4)26-15-19-14-22-18(12-16(3)31-22)13-21(19)30-5/h13-14,16-17,20H,6-12,15H2,1-5H3,(H2,25,26,27).